The van der Waals surface area contributed by atoms with E-state index in [1.807, 2.05) is 31.2 Å². The van der Waals surface area contributed by atoms with Crippen LogP contribution in [0.25, 0.3) is 0 Å². The maximum Gasteiger partial charge on any atom is 0.176 e. The van der Waals surface area contributed by atoms with Crippen LogP contribution in [0.15, 0.2) is 48.7 Å². The molecule has 2 aromatic carbocycles. The molecule has 0 saturated carbocycles. The number of ether oxygens (including phenoxy) is 1. The monoisotopic (exact) mass is 454 g/mol. The van der Waals surface area contributed by atoms with E-state index >= 15 is 0 Å². The molecule has 1 heterocycles. The molecule has 0 atom stereocenters. The number of para-hydroxylation sites is 2. The lowest BCUT2D eigenvalue weighted by atomic mass is 10.2. The van der Waals surface area contributed by atoms with Crippen molar-refractivity contribution < 1.29 is 4.74 Å². The summed E-state index contributed by atoms with van der Waals surface area (Å²) in [7, 11) is 0. The third kappa shape index (κ3) is 5.08. The predicted octanol–water partition coefficient (Wildman–Crippen LogP) is 6.10. The average Bonchev–Trinajstić information content (AvgIpc) is 2.99. The van der Waals surface area contributed by atoms with E-state index < -0.39 is 0 Å². The first-order valence-electron chi connectivity index (χ1n) is 8.43. The highest BCUT2D eigenvalue weighted by atomic mass is 35.5. The molecule has 0 bridgehead atoms. The van der Waals surface area contributed by atoms with Crippen LogP contribution >= 0.6 is 47.0 Å². The molecule has 28 heavy (non-hydrogen) atoms. The summed E-state index contributed by atoms with van der Waals surface area (Å²) in [5.41, 5.74) is 1.52. The van der Waals surface area contributed by atoms with Crippen LogP contribution in [-0.4, -0.2) is 21.5 Å². The highest BCUT2D eigenvalue weighted by Gasteiger charge is 2.13. The maximum atomic E-state index is 6.29. The zero-order chi connectivity index (χ0) is 20.1. The first-order valence-corrected chi connectivity index (χ1v) is 9.97. The van der Waals surface area contributed by atoms with Crippen molar-refractivity contribution in [1.82, 2.24) is 9.78 Å². The van der Waals surface area contributed by atoms with E-state index in [-0.39, 0.29) is 0 Å². The Hall–Kier alpha value is -1.99. The minimum atomic E-state index is 0.343. The first-order chi connectivity index (χ1) is 13.5. The van der Waals surface area contributed by atoms with Gasteiger partial charge in [-0.3, -0.25) is 4.68 Å². The second-order valence-corrected chi connectivity index (χ2v) is 7.36. The van der Waals surface area contributed by atoms with Crippen molar-refractivity contribution in [2.45, 2.75) is 13.5 Å². The van der Waals surface area contributed by atoms with Gasteiger partial charge in [0, 0.05) is 21.8 Å². The maximum absolute atomic E-state index is 6.29. The van der Waals surface area contributed by atoms with Gasteiger partial charge in [-0.25, -0.2) is 0 Å². The summed E-state index contributed by atoms with van der Waals surface area (Å²) in [6.45, 7) is 2.86. The highest BCUT2D eigenvalue weighted by molar-refractivity contribution is 7.80. The molecule has 0 aliphatic carbocycles. The van der Waals surface area contributed by atoms with E-state index in [4.69, 9.17) is 51.8 Å². The summed E-state index contributed by atoms with van der Waals surface area (Å²) in [5, 5.41) is 12.4. The van der Waals surface area contributed by atoms with Crippen LogP contribution in [0.4, 0.5) is 11.5 Å². The van der Waals surface area contributed by atoms with Crippen LogP contribution in [0.3, 0.4) is 0 Å². The van der Waals surface area contributed by atoms with E-state index in [0.717, 1.165) is 11.3 Å². The van der Waals surface area contributed by atoms with E-state index in [0.29, 0.717) is 44.9 Å². The molecule has 1 aromatic heterocycles. The van der Waals surface area contributed by atoms with E-state index in [2.05, 4.69) is 15.7 Å². The zero-order valence-electron chi connectivity index (χ0n) is 14.9. The molecule has 0 amide bonds. The molecule has 3 rings (SSSR count). The van der Waals surface area contributed by atoms with Crippen molar-refractivity contribution >= 4 is 63.6 Å². The van der Waals surface area contributed by atoms with Crippen LogP contribution in [0.2, 0.25) is 15.1 Å². The fourth-order valence-electron chi connectivity index (χ4n) is 2.52. The number of thiocarbonyl (C=S) groups is 1. The van der Waals surface area contributed by atoms with Crippen LogP contribution < -0.4 is 15.4 Å². The predicted molar refractivity (Wildman–Crippen MR) is 120 cm³/mol. The standard InChI is InChI=1S/C19H17Cl3N4OS/c1-2-27-17-9-4-3-8-16(17)23-19(28)24-18-15(22)11-26(25-18)10-12-13(20)6-5-7-14(12)21/h3-9,11H,2,10H2,1H3,(H2,23,24,25,28). The van der Waals surface area contributed by atoms with Gasteiger partial charge in [-0.1, -0.05) is 53.0 Å². The van der Waals surface area contributed by atoms with Gasteiger partial charge in [-0.2, -0.15) is 5.10 Å². The van der Waals surface area contributed by atoms with Gasteiger partial charge in [0.25, 0.3) is 0 Å². The topological polar surface area (TPSA) is 51.1 Å². The van der Waals surface area contributed by atoms with E-state index in [9.17, 15) is 0 Å². The lowest BCUT2D eigenvalue weighted by molar-refractivity contribution is 0.342. The number of halogens is 3. The van der Waals surface area contributed by atoms with Crippen LogP contribution in [0, 0.1) is 0 Å². The van der Waals surface area contributed by atoms with Gasteiger partial charge in [-0.15, -0.1) is 0 Å². The summed E-state index contributed by atoms with van der Waals surface area (Å²) < 4.78 is 7.23. The van der Waals surface area contributed by atoms with Crippen molar-refractivity contribution in [1.29, 1.82) is 0 Å². The average molecular weight is 456 g/mol. The second-order valence-electron chi connectivity index (χ2n) is 5.73. The molecule has 0 aliphatic rings. The molecular weight excluding hydrogens is 439 g/mol. The fourth-order valence-corrected chi connectivity index (χ4v) is 3.44. The molecule has 0 aliphatic heterocycles. The van der Waals surface area contributed by atoms with E-state index in [1.54, 1.807) is 29.1 Å². The molecule has 0 spiro atoms. The van der Waals surface area contributed by atoms with Gasteiger partial charge in [0.2, 0.25) is 0 Å². The molecular formula is C19H17Cl3N4OS. The third-order valence-electron chi connectivity index (χ3n) is 3.77. The van der Waals surface area contributed by atoms with Crippen LogP contribution in [-0.2, 0) is 6.54 Å². The Morgan fingerprint density at radius 1 is 1.04 bits per heavy atom. The Bertz CT molecular complexity index is 973. The van der Waals surface area contributed by atoms with Crippen molar-refractivity contribution in [3.8, 4) is 5.75 Å². The quantitative estimate of drug-likeness (QED) is 0.440. The SMILES string of the molecule is CCOc1ccccc1NC(=S)Nc1nn(Cc2c(Cl)cccc2Cl)cc1Cl. The zero-order valence-corrected chi connectivity index (χ0v) is 18.0. The molecule has 5 nitrogen and oxygen atoms in total. The Kier molecular flexibility index (Phi) is 7.02. The Morgan fingerprint density at radius 3 is 2.46 bits per heavy atom. The van der Waals surface area contributed by atoms with Crippen molar-refractivity contribution in [2.75, 3.05) is 17.2 Å². The van der Waals surface area contributed by atoms with Crippen molar-refractivity contribution in [2.24, 2.45) is 0 Å². The number of nitrogens with one attached hydrogen (secondary N) is 2. The Balaban J connectivity index is 1.71. The second kappa shape index (κ2) is 9.47. The number of rotatable bonds is 6. The van der Waals surface area contributed by atoms with Crippen LogP contribution in [0.5, 0.6) is 5.75 Å². The number of hydrogen-bond acceptors (Lipinski definition) is 3. The summed E-state index contributed by atoms with van der Waals surface area (Å²) in [4.78, 5) is 0. The van der Waals surface area contributed by atoms with E-state index in [1.165, 1.54) is 0 Å². The number of nitrogens with zero attached hydrogens (tertiary/aromatic N) is 2. The number of anilines is 2. The molecule has 0 radical (unpaired) electrons. The Labute approximate surface area is 183 Å². The van der Waals surface area contributed by atoms with Gasteiger partial charge >= 0.3 is 0 Å². The van der Waals surface area contributed by atoms with Gasteiger partial charge in [0.05, 0.1) is 18.8 Å². The summed E-state index contributed by atoms with van der Waals surface area (Å²) in [6.07, 6.45) is 1.68. The molecule has 0 saturated heterocycles. The van der Waals surface area contributed by atoms with Crippen molar-refractivity contribution in [3.63, 3.8) is 0 Å². The lowest BCUT2D eigenvalue weighted by Gasteiger charge is -2.13. The summed E-state index contributed by atoms with van der Waals surface area (Å²) in [5.74, 6) is 1.13. The van der Waals surface area contributed by atoms with Gasteiger partial charge in [-0.05, 0) is 43.4 Å². The summed E-state index contributed by atoms with van der Waals surface area (Å²) >= 11 is 24.1. The lowest BCUT2D eigenvalue weighted by Crippen LogP contribution is -2.20. The number of aromatic nitrogens is 2. The first kappa shape index (κ1) is 20.7. The highest BCUT2D eigenvalue weighted by Crippen LogP contribution is 2.27. The number of benzene rings is 2. The smallest absolute Gasteiger partial charge is 0.176 e. The normalized spacial score (nSPS) is 10.6. The minimum absolute atomic E-state index is 0.343. The molecule has 146 valence electrons. The van der Waals surface area contributed by atoms with Crippen molar-refractivity contribution in [3.05, 3.63) is 69.3 Å². The fraction of sp³-hybridized carbons (Fsp3) is 0.158. The van der Waals surface area contributed by atoms with Gasteiger partial charge in [0.15, 0.2) is 10.9 Å². The van der Waals surface area contributed by atoms with Gasteiger partial charge in [0.1, 0.15) is 10.8 Å². The van der Waals surface area contributed by atoms with Gasteiger partial charge < -0.3 is 15.4 Å². The molecule has 9 heteroatoms. The molecule has 0 fully saturated rings. The van der Waals surface area contributed by atoms with Crippen LogP contribution in [0.1, 0.15) is 12.5 Å². The number of hydrogen-bond donors (Lipinski definition) is 2. The Morgan fingerprint density at radius 2 is 1.75 bits per heavy atom. The minimum Gasteiger partial charge on any atom is -0.492 e. The largest absolute Gasteiger partial charge is 0.492 e. The molecule has 2 N–H and O–H groups in total. The third-order valence-corrected chi connectivity index (χ3v) is 4.95. The summed E-state index contributed by atoms with van der Waals surface area (Å²) in [6, 6.07) is 12.9. The molecule has 3 aromatic rings. The molecule has 0 unspecified atom stereocenters.